The van der Waals surface area contributed by atoms with Crippen LogP contribution in [0.2, 0.25) is 0 Å². The van der Waals surface area contributed by atoms with Crippen LogP contribution in [0, 0.1) is 6.92 Å². The third kappa shape index (κ3) is 4.94. The van der Waals surface area contributed by atoms with Crippen LogP contribution >= 0.6 is 31.9 Å². The first kappa shape index (κ1) is 12.9. The van der Waals surface area contributed by atoms with E-state index in [0.29, 0.717) is 0 Å². The molecule has 0 saturated heterocycles. The summed E-state index contributed by atoms with van der Waals surface area (Å²) in [5.74, 6) is 0. The first-order valence-electron chi connectivity index (χ1n) is 4.85. The molecule has 3 heteroatoms. The Kier molecular flexibility index (Phi) is 5.00. The van der Waals surface area contributed by atoms with Crippen LogP contribution in [0.1, 0.15) is 18.1 Å². The lowest BCUT2D eigenvalue weighted by Crippen LogP contribution is -2.19. The third-order valence-electron chi connectivity index (χ3n) is 2.02. The van der Waals surface area contributed by atoms with Crippen LogP contribution in [0.25, 0.3) is 0 Å². The van der Waals surface area contributed by atoms with Gasteiger partial charge in [0, 0.05) is 11.5 Å². The van der Waals surface area contributed by atoms with Crippen LogP contribution in [0.3, 0.4) is 0 Å². The van der Waals surface area contributed by atoms with Crippen molar-refractivity contribution in [3.8, 4) is 0 Å². The van der Waals surface area contributed by atoms with Gasteiger partial charge in [0.25, 0.3) is 0 Å². The van der Waals surface area contributed by atoms with Gasteiger partial charge in [-0.2, -0.15) is 0 Å². The molecule has 0 fully saturated rings. The SMILES string of the molecule is Cc1ccc(CN=CC(C)(Br)CBr)cc1. The zero-order valence-electron chi connectivity index (χ0n) is 9.00. The molecule has 0 aromatic heterocycles. The second-order valence-corrected chi connectivity index (χ2v) is 6.24. The highest BCUT2D eigenvalue weighted by molar-refractivity contribution is 9.12. The molecule has 1 aromatic rings. The van der Waals surface area contributed by atoms with Gasteiger partial charge in [0.2, 0.25) is 0 Å². The average molecular weight is 333 g/mol. The third-order valence-corrected chi connectivity index (χ3v) is 4.42. The van der Waals surface area contributed by atoms with Crippen molar-refractivity contribution in [1.29, 1.82) is 0 Å². The highest BCUT2D eigenvalue weighted by Crippen LogP contribution is 2.17. The maximum atomic E-state index is 4.41. The number of hydrogen-bond donors (Lipinski definition) is 0. The van der Waals surface area contributed by atoms with Crippen LogP contribution in [0.15, 0.2) is 29.3 Å². The molecule has 0 spiro atoms. The predicted molar refractivity (Wildman–Crippen MR) is 74.5 cm³/mol. The molecule has 0 bridgehead atoms. The molecule has 1 atom stereocenters. The Morgan fingerprint density at radius 1 is 1.33 bits per heavy atom. The fourth-order valence-corrected chi connectivity index (χ4v) is 1.36. The Labute approximate surface area is 108 Å². The van der Waals surface area contributed by atoms with Crippen molar-refractivity contribution in [3.63, 3.8) is 0 Å². The van der Waals surface area contributed by atoms with Crippen molar-refractivity contribution in [2.75, 3.05) is 5.33 Å². The van der Waals surface area contributed by atoms with Gasteiger partial charge in [-0.25, -0.2) is 0 Å². The zero-order valence-corrected chi connectivity index (χ0v) is 12.2. The largest absolute Gasteiger partial charge is 0.291 e. The van der Waals surface area contributed by atoms with Gasteiger partial charge < -0.3 is 0 Å². The topological polar surface area (TPSA) is 12.4 Å². The minimum atomic E-state index is -0.0440. The summed E-state index contributed by atoms with van der Waals surface area (Å²) in [6.07, 6.45) is 1.95. The zero-order chi connectivity index (χ0) is 11.3. The molecule has 1 unspecified atom stereocenters. The smallest absolute Gasteiger partial charge is 0.0672 e. The first-order valence-corrected chi connectivity index (χ1v) is 6.76. The molecule has 0 saturated carbocycles. The number of aliphatic imine (C=N–C) groups is 1. The quantitative estimate of drug-likeness (QED) is 0.581. The van der Waals surface area contributed by atoms with Gasteiger partial charge >= 0.3 is 0 Å². The maximum absolute atomic E-state index is 4.41. The maximum Gasteiger partial charge on any atom is 0.0672 e. The lowest BCUT2D eigenvalue weighted by Gasteiger charge is -2.11. The molecule has 0 N–H and O–H groups in total. The number of nitrogens with zero attached hydrogens (tertiary/aromatic N) is 1. The summed E-state index contributed by atoms with van der Waals surface area (Å²) in [6, 6.07) is 8.46. The van der Waals surface area contributed by atoms with E-state index < -0.39 is 0 Å². The van der Waals surface area contributed by atoms with Gasteiger partial charge in [0.05, 0.1) is 10.9 Å². The van der Waals surface area contributed by atoms with E-state index in [0.717, 1.165) is 11.9 Å². The van der Waals surface area contributed by atoms with Gasteiger partial charge in [-0.15, -0.1) is 0 Å². The van der Waals surface area contributed by atoms with Gasteiger partial charge in [0.15, 0.2) is 0 Å². The van der Waals surface area contributed by atoms with Crippen LogP contribution in [-0.2, 0) is 6.54 Å². The summed E-state index contributed by atoms with van der Waals surface area (Å²) in [4.78, 5) is 4.41. The summed E-state index contributed by atoms with van der Waals surface area (Å²) in [5.41, 5.74) is 2.53. The van der Waals surface area contributed by atoms with E-state index in [1.807, 2.05) is 6.21 Å². The Morgan fingerprint density at radius 2 is 1.93 bits per heavy atom. The minimum Gasteiger partial charge on any atom is -0.291 e. The molecule has 0 aliphatic carbocycles. The molecule has 1 nitrogen and oxygen atoms in total. The van der Waals surface area contributed by atoms with Gasteiger partial charge in [0.1, 0.15) is 0 Å². The number of hydrogen-bond acceptors (Lipinski definition) is 1. The molecular formula is C12H15Br2N. The van der Waals surface area contributed by atoms with Crippen molar-refractivity contribution in [3.05, 3.63) is 35.4 Å². The van der Waals surface area contributed by atoms with Crippen molar-refractivity contribution >= 4 is 38.1 Å². The number of rotatable bonds is 4. The molecular weight excluding hydrogens is 318 g/mol. The summed E-state index contributed by atoms with van der Waals surface area (Å²) >= 11 is 7.00. The second kappa shape index (κ2) is 5.80. The highest BCUT2D eigenvalue weighted by Gasteiger charge is 2.14. The predicted octanol–water partition coefficient (Wildman–Crippen LogP) is 4.11. The monoisotopic (exact) mass is 331 g/mol. The second-order valence-electron chi connectivity index (χ2n) is 3.87. The highest BCUT2D eigenvalue weighted by atomic mass is 79.9. The van der Waals surface area contributed by atoms with Crippen LogP contribution < -0.4 is 0 Å². The van der Waals surface area contributed by atoms with Gasteiger partial charge in [-0.05, 0) is 19.4 Å². The van der Waals surface area contributed by atoms with Crippen LogP contribution in [0.5, 0.6) is 0 Å². The molecule has 1 aromatic carbocycles. The lowest BCUT2D eigenvalue weighted by molar-refractivity contribution is 0.983. The van der Waals surface area contributed by atoms with Crippen LogP contribution in [0.4, 0.5) is 0 Å². The van der Waals surface area contributed by atoms with Gasteiger partial charge in [-0.1, -0.05) is 61.7 Å². The Balaban J connectivity index is 2.54. The Hall–Kier alpha value is -0.150. The van der Waals surface area contributed by atoms with Crippen molar-refractivity contribution in [1.82, 2.24) is 0 Å². The molecule has 15 heavy (non-hydrogen) atoms. The summed E-state index contributed by atoms with van der Waals surface area (Å²) in [5, 5.41) is 0.859. The molecule has 82 valence electrons. The normalized spacial score (nSPS) is 15.5. The average Bonchev–Trinajstić information content (AvgIpc) is 2.21. The number of aryl methyl sites for hydroxylation is 1. The van der Waals surface area contributed by atoms with E-state index in [4.69, 9.17) is 0 Å². The van der Waals surface area contributed by atoms with E-state index in [-0.39, 0.29) is 4.32 Å². The molecule has 1 rings (SSSR count). The molecule has 0 aliphatic rings. The molecule has 0 aliphatic heterocycles. The van der Waals surface area contributed by atoms with E-state index in [9.17, 15) is 0 Å². The lowest BCUT2D eigenvalue weighted by atomic mass is 10.1. The summed E-state index contributed by atoms with van der Waals surface area (Å²) < 4.78 is -0.0440. The number of alkyl halides is 2. The molecule has 0 heterocycles. The van der Waals surface area contributed by atoms with E-state index >= 15 is 0 Å². The molecule has 0 radical (unpaired) electrons. The minimum absolute atomic E-state index is 0.0440. The first-order chi connectivity index (χ1) is 7.03. The van der Waals surface area contributed by atoms with Crippen molar-refractivity contribution < 1.29 is 0 Å². The van der Waals surface area contributed by atoms with Crippen molar-refractivity contribution in [2.45, 2.75) is 24.7 Å². The summed E-state index contributed by atoms with van der Waals surface area (Å²) in [7, 11) is 0. The summed E-state index contributed by atoms with van der Waals surface area (Å²) in [6.45, 7) is 4.92. The van der Waals surface area contributed by atoms with E-state index in [2.05, 4.69) is 75.0 Å². The Morgan fingerprint density at radius 3 is 2.47 bits per heavy atom. The van der Waals surface area contributed by atoms with E-state index in [1.54, 1.807) is 0 Å². The van der Waals surface area contributed by atoms with Crippen LogP contribution in [-0.4, -0.2) is 15.9 Å². The van der Waals surface area contributed by atoms with E-state index in [1.165, 1.54) is 11.1 Å². The fraction of sp³-hybridized carbons (Fsp3) is 0.417. The Bertz CT molecular complexity index is 328. The molecule has 0 amide bonds. The number of halogens is 2. The fourth-order valence-electron chi connectivity index (χ4n) is 1.07. The van der Waals surface area contributed by atoms with Crippen molar-refractivity contribution in [2.24, 2.45) is 4.99 Å². The van der Waals surface area contributed by atoms with Gasteiger partial charge in [-0.3, -0.25) is 4.99 Å². The number of benzene rings is 1. The standard InChI is InChI=1S/C12H15Br2N/c1-10-3-5-11(6-4-10)7-15-9-12(2,14)8-13/h3-6,9H,7-8H2,1-2H3.